The molecular formula is C21H20F2N2O4. The lowest BCUT2D eigenvalue weighted by Crippen LogP contribution is -2.49. The summed E-state index contributed by atoms with van der Waals surface area (Å²) in [4.78, 5) is 39.9. The third kappa shape index (κ3) is 3.27. The van der Waals surface area contributed by atoms with E-state index in [1.165, 1.54) is 19.2 Å². The summed E-state index contributed by atoms with van der Waals surface area (Å²) >= 11 is 0. The Kier molecular flexibility index (Phi) is 4.82. The minimum absolute atomic E-state index is 0.0407. The number of amides is 1. The van der Waals surface area contributed by atoms with Crippen LogP contribution < -0.4 is 5.43 Å². The lowest BCUT2D eigenvalue weighted by Gasteiger charge is -2.34. The molecule has 1 amide bonds. The molecule has 2 aliphatic rings. The van der Waals surface area contributed by atoms with E-state index >= 15 is 0 Å². The van der Waals surface area contributed by atoms with Crippen LogP contribution in [0.5, 0.6) is 0 Å². The molecule has 152 valence electrons. The minimum atomic E-state index is -0.727. The normalized spacial score (nSPS) is 20.6. The van der Waals surface area contributed by atoms with Crippen LogP contribution in [0.1, 0.15) is 45.3 Å². The highest BCUT2D eigenvalue weighted by atomic mass is 19.1. The molecule has 8 heteroatoms. The third-order valence-electron chi connectivity index (χ3n) is 5.55. The van der Waals surface area contributed by atoms with Gasteiger partial charge >= 0.3 is 0 Å². The fourth-order valence-corrected chi connectivity index (χ4v) is 3.99. The van der Waals surface area contributed by atoms with Crippen molar-refractivity contribution in [2.24, 2.45) is 0 Å². The first-order valence-corrected chi connectivity index (χ1v) is 9.43. The Balaban J connectivity index is 1.62. The van der Waals surface area contributed by atoms with E-state index in [9.17, 15) is 23.2 Å². The van der Waals surface area contributed by atoms with E-state index in [0.29, 0.717) is 13.2 Å². The van der Waals surface area contributed by atoms with Gasteiger partial charge in [-0.1, -0.05) is 6.07 Å². The van der Waals surface area contributed by atoms with Crippen LogP contribution in [0, 0.1) is 18.6 Å². The maximum atomic E-state index is 13.8. The molecule has 1 aromatic heterocycles. The average Bonchev–Trinajstić information content (AvgIpc) is 3.04. The number of aryl methyl sites for hydroxylation is 1. The number of nitrogens with zero attached hydrogens (tertiary/aromatic N) is 2. The third-order valence-corrected chi connectivity index (χ3v) is 5.55. The van der Waals surface area contributed by atoms with Crippen LogP contribution in [0.25, 0.3) is 0 Å². The number of halogens is 2. The van der Waals surface area contributed by atoms with Gasteiger partial charge in [-0.3, -0.25) is 14.4 Å². The summed E-state index contributed by atoms with van der Waals surface area (Å²) in [6.07, 6.45) is 0.910. The van der Waals surface area contributed by atoms with Crippen molar-refractivity contribution in [1.29, 1.82) is 0 Å². The summed E-state index contributed by atoms with van der Waals surface area (Å²) in [6, 6.07) is 3.09. The van der Waals surface area contributed by atoms with Gasteiger partial charge in [-0.2, -0.15) is 0 Å². The summed E-state index contributed by atoms with van der Waals surface area (Å²) in [5.41, 5.74) is 0.145. The molecule has 29 heavy (non-hydrogen) atoms. The Hall–Kier alpha value is -2.87. The Morgan fingerprint density at radius 2 is 2.03 bits per heavy atom. The summed E-state index contributed by atoms with van der Waals surface area (Å²) in [5.74, 6) is -2.15. The number of hydrogen-bond acceptors (Lipinski definition) is 4. The van der Waals surface area contributed by atoms with Crippen LogP contribution in [0.15, 0.2) is 29.2 Å². The van der Waals surface area contributed by atoms with Gasteiger partial charge in [-0.05, 0) is 31.9 Å². The van der Waals surface area contributed by atoms with Gasteiger partial charge in [0, 0.05) is 24.2 Å². The molecular weight excluding hydrogens is 382 g/mol. The number of ether oxygens (including phenoxy) is 1. The number of aromatic nitrogens is 1. The number of pyridine rings is 1. The van der Waals surface area contributed by atoms with Gasteiger partial charge in [0.2, 0.25) is 0 Å². The van der Waals surface area contributed by atoms with E-state index in [-0.39, 0.29) is 47.2 Å². The molecule has 0 bridgehead atoms. The fourth-order valence-electron chi connectivity index (χ4n) is 3.99. The van der Waals surface area contributed by atoms with Crippen LogP contribution in [0.4, 0.5) is 8.78 Å². The van der Waals surface area contributed by atoms with Crippen molar-refractivity contribution in [3.8, 4) is 0 Å². The summed E-state index contributed by atoms with van der Waals surface area (Å²) < 4.78 is 34.1. The lowest BCUT2D eigenvalue weighted by molar-refractivity contribution is 0.00660. The molecule has 0 unspecified atom stereocenters. The zero-order chi connectivity index (χ0) is 20.9. The molecule has 0 spiro atoms. The second-order valence-corrected chi connectivity index (χ2v) is 7.51. The monoisotopic (exact) mass is 402 g/mol. The van der Waals surface area contributed by atoms with Crippen molar-refractivity contribution < 1.29 is 23.1 Å². The van der Waals surface area contributed by atoms with Gasteiger partial charge in [-0.15, -0.1) is 0 Å². The van der Waals surface area contributed by atoms with E-state index in [1.54, 1.807) is 9.47 Å². The molecule has 2 aliphatic heterocycles. The Morgan fingerprint density at radius 1 is 1.28 bits per heavy atom. The highest BCUT2D eigenvalue weighted by molar-refractivity contribution is 5.99. The largest absolute Gasteiger partial charge is 0.354 e. The highest BCUT2D eigenvalue weighted by Crippen LogP contribution is 2.27. The van der Waals surface area contributed by atoms with E-state index in [0.717, 1.165) is 12.1 Å². The Bertz CT molecular complexity index is 1080. The fraction of sp³-hybridized carbons (Fsp3) is 0.381. The smallest absolute Gasteiger partial charge is 0.273 e. The van der Waals surface area contributed by atoms with Crippen LogP contribution >= 0.6 is 0 Å². The molecule has 2 atom stereocenters. The average molecular weight is 402 g/mol. The molecule has 1 saturated heterocycles. The first-order chi connectivity index (χ1) is 13.8. The Morgan fingerprint density at radius 3 is 2.76 bits per heavy atom. The number of carbonyl (C=O) groups excluding carboxylic acids is 2. The summed E-state index contributed by atoms with van der Waals surface area (Å²) in [6.45, 7) is 4.17. The van der Waals surface area contributed by atoms with Crippen LogP contribution in [-0.4, -0.2) is 40.0 Å². The molecule has 0 saturated carbocycles. The number of carbonyl (C=O) groups is 2. The number of benzene rings is 1. The van der Waals surface area contributed by atoms with Crippen molar-refractivity contribution in [1.82, 2.24) is 9.47 Å². The SMILES string of the molecule is Cc1c2n(cc(C(=O)CCc3ccc(F)cc3F)c1=O)C[C@H]1OC[C@H](C)N1C2=O. The number of rotatable bonds is 4. The molecule has 0 aliphatic carbocycles. The van der Waals surface area contributed by atoms with Crippen molar-refractivity contribution in [2.75, 3.05) is 6.61 Å². The zero-order valence-corrected chi connectivity index (χ0v) is 16.1. The van der Waals surface area contributed by atoms with Gasteiger partial charge in [-0.25, -0.2) is 8.78 Å². The lowest BCUT2D eigenvalue weighted by atomic mass is 10.00. The molecule has 0 radical (unpaired) electrons. The minimum Gasteiger partial charge on any atom is -0.354 e. The molecule has 1 fully saturated rings. The highest BCUT2D eigenvalue weighted by Gasteiger charge is 2.42. The van der Waals surface area contributed by atoms with Gasteiger partial charge in [0.25, 0.3) is 5.91 Å². The van der Waals surface area contributed by atoms with Crippen LogP contribution in [0.3, 0.4) is 0 Å². The van der Waals surface area contributed by atoms with Crippen molar-refractivity contribution in [3.05, 3.63) is 68.6 Å². The maximum absolute atomic E-state index is 13.8. The standard InChI is InChI=1S/C21H20F2N2O4/c1-11-10-29-18-9-24-8-15(20(27)12(2)19(24)21(28)25(11)18)17(26)6-4-13-3-5-14(22)7-16(13)23/h3,5,7-8,11,18H,4,6,9-10H2,1-2H3/t11-,18+/m0/s1. The summed E-state index contributed by atoms with van der Waals surface area (Å²) in [5, 5.41) is 0. The molecule has 4 rings (SSSR count). The van der Waals surface area contributed by atoms with Crippen molar-refractivity contribution in [3.63, 3.8) is 0 Å². The second kappa shape index (κ2) is 7.18. The topological polar surface area (TPSA) is 68.6 Å². The van der Waals surface area contributed by atoms with Gasteiger partial charge in [0.1, 0.15) is 17.3 Å². The number of ketones is 1. The maximum Gasteiger partial charge on any atom is 0.273 e. The molecule has 3 heterocycles. The van der Waals surface area contributed by atoms with E-state index < -0.39 is 29.1 Å². The zero-order valence-electron chi connectivity index (χ0n) is 16.1. The van der Waals surface area contributed by atoms with E-state index in [1.807, 2.05) is 6.92 Å². The molecule has 6 nitrogen and oxygen atoms in total. The molecule has 2 aromatic rings. The predicted molar refractivity (Wildman–Crippen MR) is 99.8 cm³/mol. The van der Waals surface area contributed by atoms with Crippen LogP contribution in [0.2, 0.25) is 0 Å². The Labute approximate surface area is 165 Å². The predicted octanol–water partition coefficient (Wildman–Crippen LogP) is 2.45. The van der Waals surface area contributed by atoms with Gasteiger partial charge in [0.05, 0.1) is 24.8 Å². The van der Waals surface area contributed by atoms with Gasteiger partial charge < -0.3 is 14.2 Å². The number of Topliss-reactive ketones (excluding diaryl/α,β-unsaturated/α-hetero) is 1. The van der Waals surface area contributed by atoms with Crippen molar-refractivity contribution >= 4 is 11.7 Å². The number of fused-ring (bicyclic) bond motifs is 2. The van der Waals surface area contributed by atoms with Crippen LogP contribution in [-0.2, 0) is 17.7 Å². The van der Waals surface area contributed by atoms with Gasteiger partial charge in [0.15, 0.2) is 17.4 Å². The van der Waals surface area contributed by atoms with Crippen molar-refractivity contribution in [2.45, 2.75) is 45.5 Å². The molecule has 0 N–H and O–H groups in total. The summed E-state index contributed by atoms with van der Waals surface area (Å²) in [7, 11) is 0. The molecule has 1 aromatic carbocycles. The number of hydrogen-bond donors (Lipinski definition) is 0. The first-order valence-electron chi connectivity index (χ1n) is 9.43. The van der Waals surface area contributed by atoms with E-state index in [4.69, 9.17) is 4.74 Å². The first kappa shape index (κ1) is 19.4. The van der Waals surface area contributed by atoms with E-state index in [2.05, 4.69) is 0 Å². The quantitative estimate of drug-likeness (QED) is 0.737. The second-order valence-electron chi connectivity index (χ2n) is 7.51.